The number of amides is 1. The van der Waals surface area contributed by atoms with E-state index in [1.165, 1.54) is 17.1 Å². The molecule has 2 heterocycles. The SMILES string of the molecule is COc1cc([C@@H]2CC(=O)Nc3ncnn32)ccc1OCc1cccc2ccccc12. The molecule has 1 atom stereocenters. The van der Waals surface area contributed by atoms with Crippen molar-refractivity contribution >= 4 is 22.6 Å². The molecule has 1 aliphatic rings. The molecule has 0 unspecified atom stereocenters. The minimum Gasteiger partial charge on any atom is -0.493 e. The van der Waals surface area contributed by atoms with Crippen LogP contribution >= 0.6 is 0 Å². The quantitative estimate of drug-likeness (QED) is 0.549. The molecule has 1 amide bonds. The van der Waals surface area contributed by atoms with E-state index >= 15 is 0 Å². The van der Waals surface area contributed by atoms with Gasteiger partial charge in [-0.1, -0.05) is 48.5 Å². The van der Waals surface area contributed by atoms with Crippen molar-refractivity contribution in [2.24, 2.45) is 0 Å². The molecule has 30 heavy (non-hydrogen) atoms. The normalized spacial score (nSPS) is 15.5. The molecule has 0 fully saturated rings. The molecule has 4 aromatic rings. The van der Waals surface area contributed by atoms with Crippen LogP contribution in [-0.2, 0) is 11.4 Å². The molecule has 7 nitrogen and oxygen atoms in total. The summed E-state index contributed by atoms with van der Waals surface area (Å²) in [5.74, 6) is 1.62. The molecule has 3 aromatic carbocycles. The summed E-state index contributed by atoms with van der Waals surface area (Å²) in [5.41, 5.74) is 2.02. The van der Waals surface area contributed by atoms with Crippen molar-refractivity contribution in [3.05, 3.63) is 78.1 Å². The van der Waals surface area contributed by atoms with E-state index in [0.29, 0.717) is 24.1 Å². The summed E-state index contributed by atoms with van der Waals surface area (Å²) in [6, 6.07) is 19.9. The minimum absolute atomic E-state index is 0.0873. The Balaban J connectivity index is 1.42. The summed E-state index contributed by atoms with van der Waals surface area (Å²) in [6.45, 7) is 0.427. The molecule has 7 heteroatoms. The molecule has 0 radical (unpaired) electrons. The molecule has 150 valence electrons. The van der Waals surface area contributed by atoms with Crippen molar-refractivity contribution < 1.29 is 14.3 Å². The molecule has 1 aromatic heterocycles. The number of nitrogens with one attached hydrogen (secondary N) is 1. The fraction of sp³-hybridized carbons (Fsp3) is 0.174. The Hall–Kier alpha value is -3.87. The summed E-state index contributed by atoms with van der Waals surface area (Å²) in [6.07, 6.45) is 1.72. The predicted octanol–water partition coefficient (Wildman–Crippen LogP) is 3.95. The lowest BCUT2D eigenvalue weighted by molar-refractivity contribution is -0.117. The largest absolute Gasteiger partial charge is 0.493 e. The van der Waals surface area contributed by atoms with E-state index in [9.17, 15) is 4.79 Å². The van der Waals surface area contributed by atoms with Gasteiger partial charge in [0.05, 0.1) is 19.6 Å². The highest BCUT2D eigenvalue weighted by Gasteiger charge is 2.28. The van der Waals surface area contributed by atoms with Gasteiger partial charge in [0.2, 0.25) is 11.9 Å². The number of carbonyl (C=O) groups excluding carboxylic acids is 1. The second-order valence-electron chi connectivity index (χ2n) is 7.13. The Morgan fingerprint density at radius 3 is 2.87 bits per heavy atom. The smallest absolute Gasteiger partial charge is 0.229 e. The van der Waals surface area contributed by atoms with Crippen molar-refractivity contribution in [1.29, 1.82) is 0 Å². The lowest BCUT2D eigenvalue weighted by Crippen LogP contribution is -2.29. The fourth-order valence-corrected chi connectivity index (χ4v) is 3.85. The number of carbonyl (C=O) groups is 1. The molecule has 1 aliphatic heterocycles. The van der Waals surface area contributed by atoms with Gasteiger partial charge < -0.3 is 9.47 Å². The maximum atomic E-state index is 12.0. The van der Waals surface area contributed by atoms with E-state index in [1.807, 2.05) is 36.4 Å². The highest BCUT2D eigenvalue weighted by atomic mass is 16.5. The monoisotopic (exact) mass is 400 g/mol. The van der Waals surface area contributed by atoms with Crippen molar-refractivity contribution in [2.45, 2.75) is 19.1 Å². The third-order valence-corrected chi connectivity index (χ3v) is 5.33. The number of ether oxygens (including phenoxy) is 2. The predicted molar refractivity (Wildman–Crippen MR) is 113 cm³/mol. The molecule has 0 aliphatic carbocycles. The van der Waals surface area contributed by atoms with Crippen molar-refractivity contribution in [1.82, 2.24) is 14.8 Å². The van der Waals surface area contributed by atoms with E-state index < -0.39 is 0 Å². The first-order valence-electron chi connectivity index (χ1n) is 9.69. The number of hydrogen-bond donors (Lipinski definition) is 1. The highest BCUT2D eigenvalue weighted by molar-refractivity contribution is 5.91. The number of anilines is 1. The van der Waals surface area contributed by atoms with Crippen LogP contribution in [0.5, 0.6) is 11.5 Å². The Morgan fingerprint density at radius 2 is 1.97 bits per heavy atom. The lowest BCUT2D eigenvalue weighted by atomic mass is 10.0. The van der Waals surface area contributed by atoms with Gasteiger partial charge in [-0.25, -0.2) is 4.68 Å². The van der Waals surface area contributed by atoms with Crippen molar-refractivity contribution in [2.75, 3.05) is 12.4 Å². The summed E-state index contributed by atoms with van der Waals surface area (Å²) < 4.78 is 13.4. The van der Waals surface area contributed by atoms with Crippen LogP contribution in [0.3, 0.4) is 0 Å². The number of aromatic nitrogens is 3. The van der Waals surface area contributed by atoms with Crippen molar-refractivity contribution in [3.8, 4) is 11.5 Å². The van der Waals surface area contributed by atoms with Crippen LogP contribution in [0, 0.1) is 0 Å². The van der Waals surface area contributed by atoms with Crippen LogP contribution in [-0.4, -0.2) is 27.8 Å². The Bertz CT molecular complexity index is 1230. The fourth-order valence-electron chi connectivity index (χ4n) is 3.85. The van der Waals surface area contributed by atoms with Crippen LogP contribution in [0.25, 0.3) is 10.8 Å². The van der Waals surface area contributed by atoms with Gasteiger partial charge >= 0.3 is 0 Å². The van der Waals surface area contributed by atoms with Gasteiger partial charge in [0.25, 0.3) is 0 Å². The maximum absolute atomic E-state index is 12.0. The van der Waals surface area contributed by atoms with Gasteiger partial charge in [-0.3, -0.25) is 10.1 Å². The molecular weight excluding hydrogens is 380 g/mol. The molecule has 0 saturated carbocycles. The number of rotatable bonds is 5. The topological polar surface area (TPSA) is 78.3 Å². The van der Waals surface area contributed by atoms with Crippen molar-refractivity contribution in [3.63, 3.8) is 0 Å². The van der Waals surface area contributed by atoms with Crippen LogP contribution in [0.15, 0.2) is 67.0 Å². The van der Waals surface area contributed by atoms with Gasteiger partial charge in [-0.05, 0) is 34.0 Å². The molecule has 1 N–H and O–H groups in total. The third kappa shape index (κ3) is 3.24. The van der Waals surface area contributed by atoms with Crippen LogP contribution in [0.2, 0.25) is 0 Å². The van der Waals surface area contributed by atoms with E-state index in [2.05, 4.69) is 39.7 Å². The zero-order valence-electron chi connectivity index (χ0n) is 16.4. The summed E-state index contributed by atoms with van der Waals surface area (Å²) in [4.78, 5) is 16.1. The summed E-state index contributed by atoms with van der Waals surface area (Å²) in [7, 11) is 1.61. The number of hydrogen-bond acceptors (Lipinski definition) is 5. The Kier molecular flexibility index (Phi) is 4.55. The summed E-state index contributed by atoms with van der Waals surface area (Å²) in [5, 5.41) is 9.33. The van der Waals surface area contributed by atoms with Gasteiger partial charge in [0, 0.05) is 0 Å². The number of benzene rings is 3. The number of methoxy groups -OCH3 is 1. The Labute approximate surface area is 173 Å². The second-order valence-corrected chi connectivity index (χ2v) is 7.13. The van der Waals surface area contributed by atoms with Crippen LogP contribution in [0.1, 0.15) is 23.6 Å². The van der Waals surface area contributed by atoms with E-state index in [0.717, 1.165) is 11.1 Å². The zero-order valence-corrected chi connectivity index (χ0v) is 16.4. The van der Waals surface area contributed by atoms with E-state index in [-0.39, 0.29) is 18.4 Å². The third-order valence-electron chi connectivity index (χ3n) is 5.33. The average molecular weight is 400 g/mol. The molecular formula is C23H20N4O3. The molecule has 0 spiro atoms. The van der Waals surface area contributed by atoms with Crippen LogP contribution < -0.4 is 14.8 Å². The number of fused-ring (bicyclic) bond motifs is 2. The highest BCUT2D eigenvalue weighted by Crippen LogP contribution is 2.35. The van der Waals surface area contributed by atoms with Gasteiger partial charge in [-0.15, -0.1) is 0 Å². The first-order valence-corrected chi connectivity index (χ1v) is 9.69. The molecule has 0 saturated heterocycles. The van der Waals surface area contributed by atoms with Gasteiger partial charge in [-0.2, -0.15) is 10.1 Å². The summed E-state index contributed by atoms with van der Waals surface area (Å²) >= 11 is 0. The van der Waals surface area contributed by atoms with E-state index in [4.69, 9.17) is 9.47 Å². The maximum Gasteiger partial charge on any atom is 0.229 e. The lowest BCUT2D eigenvalue weighted by Gasteiger charge is -2.24. The molecule has 5 rings (SSSR count). The minimum atomic E-state index is -0.239. The number of nitrogens with zero attached hydrogens (tertiary/aromatic N) is 3. The standard InChI is InChI=1S/C23H20N4O3/c1-29-21-11-16(19-12-22(28)26-23-24-14-25-27(19)23)9-10-20(21)30-13-17-7-4-6-15-5-2-3-8-18(15)17/h2-11,14,19H,12-13H2,1H3,(H,24,25,26,28)/t19-/m0/s1. The second kappa shape index (κ2) is 7.51. The Morgan fingerprint density at radius 1 is 1.10 bits per heavy atom. The zero-order chi connectivity index (χ0) is 20.5. The van der Waals surface area contributed by atoms with Gasteiger partial charge in [0.1, 0.15) is 12.9 Å². The first-order chi connectivity index (χ1) is 14.7. The first kappa shape index (κ1) is 18.2. The molecule has 0 bridgehead atoms. The van der Waals surface area contributed by atoms with E-state index in [1.54, 1.807) is 11.8 Å². The van der Waals surface area contributed by atoms with Crippen LogP contribution in [0.4, 0.5) is 5.95 Å². The van der Waals surface area contributed by atoms with Gasteiger partial charge in [0.15, 0.2) is 11.5 Å². The average Bonchev–Trinajstić information content (AvgIpc) is 3.25.